The Morgan fingerprint density at radius 3 is 1.09 bits per heavy atom. The monoisotopic (exact) mass is 192 g/mol. The minimum Gasteiger partial charge on any atom is -0.213 e. The summed E-state index contributed by atoms with van der Waals surface area (Å²) in [6.07, 6.45) is 0.925. The minimum absolute atomic E-state index is 0.925. The molecule has 0 bridgehead atoms. The topological polar surface area (TPSA) is 34.1 Å². The molecule has 0 heterocycles. The number of rotatable bonds is 0. The summed E-state index contributed by atoms with van der Waals surface area (Å²) in [5.74, 6) is 0. The fourth-order valence-corrected chi connectivity index (χ4v) is 0.385. The molecule has 0 amide bonds. The van der Waals surface area contributed by atoms with Crippen LogP contribution in [0.4, 0.5) is 0 Å². The Labute approximate surface area is 71.2 Å². The molecule has 0 atom stereocenters. The molecule has 0 aliphatic heterocycles. The van der Waals surface area contributed by atoms with E-state index in [-0.39, 0.29) is 0 Å². The predicted molar refractivity (Wildman–Crippen MR) is 47.1 cm³/mol. The van der Waals surface area contributed by atoms with Crippen LogP contribution in [-0.4, -0.2) is 14.7 Å². The highest BCUT2D eigenvalue weighted by Gasteiger charge is 1.83. The Kier molecular flexibility index (Phi) is 4.90. The molecule has 0 fully saturated rings. The Morgan fingerprint density at radius 1 is 0.909 bits per heavy atom. The van der Waals surface area contributed by atoms with Gasteiger partial charge in [-0.3, -0.25) is 0 Å². The van der Waals surface area contributed by atoms with Crippen molar-refractivity contribution >= 4 is 19.7 Å². The maximum Gasteiger partial charge on any atom is 0.229 e. The Balaban J connectivity index is 0.000000187. The van der Waals surface area contributed by atoms with Crippen LogP contribution in [0, 0.1) is 0 Å². The van der Waals surface area contributed by atoms with Crippen molar-refractivity contribution in [3.63, 3.8) is 0 Å². The molecule has 1 rings (SSSR count). The second-order valence-electron chi connectivity index (χ2n) is 1.84. The first-order valence-corrected chi connectivity index (χ1v) is 5.61. The van der Waals surface area contributed by atoms with E-state index in [0.29, 0.717) is 0 Å². The molecule has 0 spiro atoms. The van der Waals surface area contributed by atoms with E-state index in [0.717, 1.165) is 6.26 Å². The van der Waals surface area contributed by atoms with Crippen molar-refractivity contribution in [3.05, 3.63) is 36.4 Å². The van der Waals surface area contributed by atoms with Gasteiger partial charge in [0.25, 0.3) is 0 Å². The lowest BCUT2D eigenvalue weighted by Crippen LogP contribution is -1.76. The summed E-state index contributed by atoms with van der Waals surface area (Å²) in [6.45, 7) is 0. The van der Waals surface area contributed by atoms with Gasteiger partial charge in [-0.25, -0.2) is 8.42 Å². The van der Waals surface area contributed by atoms with Crippen LogP contribution >= 0.6 is 10.7 Å². The quantitative estimate of drug-likeness (QED) is 0.589. The van der Waals surface area contributed by atoms with Gasteiger partial charge in [-0.15, -0.1) is 0 Å². The van der Waals surface area contributed by atoms with Gasteiger partial charge in [-0.05, 0) is 0 Å². The summed E-state index contributed by atoms with van der Waals surface area (Å²) in [4.78, 5) is 0. The molecular formula is C7H9ClO2S. The zero-order valence-corrected chi connectivity index (χ0v) is 7.64. The van der Waals surface area contributed by atoms with Crippen molar-refractivity contribution < 1.29 is 8.42 Å². The smallest absolute Gasteiger partial charge is 0.213 e. The molecular weight excluding hydrogens is 184 g/mol. The van der Waals surface area contributed by atoms with Gasteiger partial charge >= 0.3 is 0 Å². The van der Waals surface area contributed by atoms with Gasteiger partial charge in [0.05, 0.1) is 6.26 Å². The minimum atomic E-state index is -3.19. The zero-order chi connectivity index (χ0) is 8.74. The molecule has 62 valence electrons. The lowest BCUT2D eigenvalue weighted by Gasteiger charge is -1.69. The maximum atomic E-state index is 9.40. The highest BCUT2D eigenvalue weighted by molar-refractivity contribution is 8.13. The van der Waals surface area contributed by atoms with Crippen molar-refractivity contribution in [2.75, 3.05) is 6.26 Å². The van der Waals surface area contributed by atoms with Gasteiger partial charge in [-0.1, -0.05) is 36.4 Å². The fraction of sp³-hybridized carbons (Fsp3) is 0.143. The Hall–Kier alpha value is -0.540. The number of benzene rings is 1. The zero-order valence-electron chi connectivity index (χ0n) is 6.07. The number of halogens is 1. The second kappa shape index (κ2) is 5.16. The van der Waals surface area contributed by atoms with Crippen molar-refractivity contribution in [1.29, 1.82) is 0 Å². The second-order valence-corrected chi connectivity index (χ2v) is 4.88. The average Bonchev–Trinajstić information content (AvgIpc) is 1.88. The molecule has 0 radical (unpaired) electrons. The Bertz CT molecular complexity index is 233. The molecule has 0 unspecified atom stereocenters. The van der Waals surface area contributed by atoms with Gasteiger partial charge in [-0.2, -0.15) is 0 Å². The van der Waals surface area contributed by atoms with Crippen LogP contribution in [0.25, 0.3) is 0 Å². The van der Waals surface area contributed by atoms with Gasteiger partial charge in [0.1, 0.15) is 0 Å². The molecule has 0 aliphatic rings. The lowest BCUT2D eigenvalue weighted by atomic mass is 10.4. The first-order valence-electron chi connectivity index (χ1n) is 2.90. The SMILES string of the molecule is CS(=O)(=O)Cl.c1ccccc1. The molecule has 4 heteroatoms. The van der Waals surface area contributed by atoms with E-state index in [1.807, 2.05) is 36.4 Å². The van der Waals surface area contributed by atoms with Crippen LogP contribution < -0.4 is 0 Å². The third-order valence-corrected chi connectivity index (χ3v) is 0.667. The molecule has 11 heavy (non-hydrogen) atoms. The fourth-order valence-electron chi connectivity index (χ4n) is 0.385. The van der Waals surface area contributed by atoms with E-state index in [2.05, 4.69) is 10.7 Å². The summed E-state index contributed by atoms with van der Waals surface area (Å²) in [5.41, 5.74) is 0. The average molecular weight is 193 g/mol. The predicted octanol–water partition coefficient (Wildman–Crippen LogP) is 1.87. The van der Waals surface area contributed by atoms with Gasteiger partial charge < -0.3 is 0 Å². The highest BCUT2D eigenvalue weighted by Crippen LogP contribution is 1.83. The van der Waals surface area contributed by atoms with Gasteiger partial charge in [0.2, 0.25) is 9.05 Å². The van der Waals surface area contributed by atoms with Crippen molar-refractivity contribution in [3.8, 4) is 0 Å². The lowest BCUT2D eigenvalue weighted by molar-refractivity contribution is 0.615. The van der Waals surface area contributed by atoms with Crippen molar-refractivity contribution in [1.82, 2.24) is 0 Å². The summed E-state index contributed by atoms with van der Waals surface area (Å²) in [5, 5.41) is 0. The van der Waals surface area contributed by atoms with Crippen molar-refractivity contribution in [2.24, 2.45) is 0 Å². The third kappa shape index (κ3) is 17.7. The molecule has 1 aromatic carbocycles. The normalized spacial score (nSPS) is 9.64. The summed E-state index contributed by atoms with van der Waals surface area (Å²) in [6, 6.07) is 12.0. The van der Waals surface area contributed by atoms with Crippen LogP contribution in [0.15, 0.2) is 36.4 Å². The van der Waals surface area contributed by atoms with E-state index in [9.17, 15) is 8.42 Å². The summed E-state index contributed by atoms with van der Waals surface area (Å²) >= 11 is 0. The maximum absolute atomic E-state index is 9.40. The molecule has 0 aliphatic carbocycles. The summed E-state index contributed by atoms with van der Waals surface area (Å²) < 4.78 is 18.8. The van der Waals surface area contributed by atoms with Gasteiger partial charge in [0.15, 0.2) is 0 Å². The van der Waals surface area contributed by atoms with E-state index in [1.54, 1.807) is 0 Å². The van der Waals surface area contributed by atoms with Crippen LogP contribution in [0.1, 0.15) is 0 Å². The van der Waals surface area contributed by atoms with Crippen LogP contribution in [0.3, 0.4) is 0 Å². The first kappa shape index (κ1) is 10.5. The first-order chi connectivity index (χ1) is 5.00. The molecule has 1 aromatic rings. The largest absolute Gasteiger partial charge is 0.229 e. The molecule has 0 saturated heterocycles. The van der Waals surface area contributed by atoms with E-state index >= 15 is 0 Å². The number of hydrogen-bond acceptors (Lipinski definition) is 2. The number of hydrogen-bond donors (Lipinski definition) is 0. The van der Waals surface area contributed by atoms with Crippen molar-refractivity contribution in [2.45, 2.75) is 0 Å². The Morgan fingerprint density at radius 2 is 1.00 bits per heavy atom. The van der Waals surface area contributed by atoms with Crippen LogP contribution in [0.5, 0.6) is 0 Å². The van der Waals surface area contributed by atoms with E-state index in [4.69, 9.17) is 0 Å². The molecule has 2 nitrogen and oxygen atoms in total. The van der Waals surface area contributed by atoms with E-state index in [1.165, 1.54) is 0 Å². The van der Waals surface area contributed by atoms with Crippen LogP contribution in [-0.2, 0) is 9.05 Å². The molecule has 0 N–H and O–H groups in total. The summed E-state index contributed by atoms with van der Waals surface area (Å²) in [7, 11) is 1.31. The van der Waals surface area contributed by atoms with E-state index < -0.39 is 9.05 Å². The van der Waals surface area contributed by atoms with Gasteiger partial charge in [0, 0.05) is 10.7 Å². The van der Waals surface area contributed by atoms with Crippen LogP contribution in [0.2, 0.25) is 0 Å². The molecule has 0 saturated carbocycles. The molecule has 0 aromatic heterocycles. The standard InChI is InChI=1S/C6H6.CH3ClO2S/c1-2-4-6-5-3-1;1-5(2,3)4/h1-6H;1H3. The highest BCUT2D eigenvalue weighted by atomic mass is 35.7. The third-order valence-electron chi connectivity index (χ3n) is 0.667.